The Morgan fingerprint density at radius 3 is 2.31 bits per heavy atom. The molecule has 10 heteroatoms. The summed E-state index contributed by atoms with van der Waals surface area (Å²) in [6, 6.07) is 8.01. The van der Waals surface area contributed by atoms with Gasteiger partial charge in [0.2, 0.25) is 10.3 Å². The molecule has 134 valence electrons. The van der Waals surface area contributed by atoms with Gasteiger partial charge in [0.15, 0.2) is 0 Å². The van der Waals surface area contributed by atoms with Crippen LogP contribution in [0.3, 0.4) is 0 Å². The van der Waals surface area contributed by atoms with Crippen LogP contribution in [0.5, 0.6) is 5.75 Å². The van der Waals surface area contributed by atoms with Crippen LogP contribution in [-0.2, 0) is 20.4 Å². The number of benzene rings is 2. The zero-order chi connectivity index (χ0) is 18.9. The van der Waals surface area contributed by atoms with Gasteiger partial charge in [-0.3, -0.25) is 4.55 Å². The molecule has 0 heterocycles. The predicted octanol–water partition coefficient (Wildman–Crippen LogP) is 1.07. The van der Waals surface area contributed by atoms with E-state index < -0.39 is 20.4 Å². The van der Waals surface area contributed by atoms with E-state index in [0.717, 1.165) is 0 Å². The first-order chi connectivity index (χ1) is 12.3. The monoisotopic (exact) mass is 392 g/mol. The summed E-state index contributed by atoms with van der Waals surface area (Å²) >= 11 is 0. The highest BCUT2D eigenvalue weighted by Gasteiger charge is 2.10. The maximum atomic E-state index is 11.1. The second-order valence-corrected chi connectivity index (χ2v) is 7.77. The lowest BCUT2D eigenvalue weighted by molar-refractivity contribution is 0.475. The fourth-order valence-electron chi connectivity index (χ4n) is 2.40. The molecule has 1 aliphatic rings. The molecule has 26 heavy (non-hydrogen) atoms. The Hall–Kier alpha value is -2.82. The largest absolute Gasteiger partial charge is 0.506 e. The molecule has 2 N–H and O–H groups in total. The molecule has 0 saturated carbocycles. The zero-order valence-electron chi connectivity index (χ0n) is 13.1. The molecule has 0 radical (unpaired) electrons. The lowest BCUT2D eigenvalue weighted by Gasteiger charge is -2.05. The Labute approximate surface area is 149 Å². The third-order valence-corrected chi connectivity index (χ3v) is 5.25. The van der Waals surface area contributed by atoms with Crippen LogP contribution in [0.4, 0.5) is 11.4 Å². The normalized spacial score (nSPS) is 13.8. The van der Waals surface area contributed by atoms with Gasteiger partial charge in [-0.05, 0) is 41.6 Å². The van der Waals surface area contributed by atoms with Crippen LogP contribution in [0.15, 0.2) is 51.5 Å². The summed E-state index contributed by atoms with van der Waals surface area (Å²) in [5.74, 6) is -0.126. The third-order valence-electron chi connectivity index (χ3n) is 3.67. The molecule has 0 spiro atoms. The minimum atomic E-state index is -4.29. The van der Waals surface area contributed by atoms with Crippen molar-refractivity contribution in [2.75, 3.05) is 0 Å². The fraction of sp³-hybridized carbons (Fsp3) is 0.0625. The Morgan fingerprint density at radius 2 is 1.69 bits per heavy atom. The van der Waals surface area contributed by atoms with Gasteiger partial charge in [0.1, 0.15) is 11.4 Å². The van der Waals surface area contributed by atoms with Crippen LogP contribution in [0.1, 0.15) is 6.42 Å². The smallest absolute Gasteiger partial charge is 0.294 e. The molecule has 0 atom stereocenters. The van der Waals surface area contributed by atoms with Crippen molar-refractivity contribution in [1.82, 2.24) is 0 Å². The van der Waals surface area contributed by atoms with Crippen LogP contribution >= 0.6 is 0 Å². The van der Waals surface area contributed by atoms with Gasteiger partial charge in [0, 0.05) is 11.6 Å². The summed E-state index contributed by atoms with van der Waals surface area (Å²) in [7, 11) is -6.61. The summed E-state index contributed by atoms with van der Waals surface area (Å²) in [5.41, 5.74) is 0.482. The van der Waals surface area contributed by atoms with Gasteiger partial charge in [-0.15, -0.1) is 5.11 Å². The topological polar surface area (TPSA) is 133 Å². The number of rotatable bonds is 3. The van der Waals surface area contributed by atoms with Crippen molar-refractivity contribution in [3.8, 4) is 5.75 Å². The molecule has 0 saturated heterocycles. The minimum absolute atomic E-state index is 0.126. The molecule has 1 aliphatic carbocycles. The SMILES string of the molecule is O=S(=O)=C1C=c2ccc(O)c(N=Nc3ccc(S(=O)(=O)O)cc3)c2=CC1. The average Bonchev–Trinajstić information content (AvgIpc) is 2.60. The molecular formula is C16H12N2O6S2. The number of phenolic OH excluding ortho intramolecular Hbond substituents is 1. The van der Waals surface area contributed by atoms with Crippen LogP contribution < -0.4 is 10.4 Å². The van der Waals surface area contributed by atoms with Gasteiger partial charge in [-0.2, -0.15) is 21.9 Å². The van der Waals surface area contributed by atoms with E-state index in [1.807, 2.05) is 0 Å². The number of fused-ring (bicyclic) bond motifs is 1. The molecule has 3 rings (SSSR count). The highest BCUT2D eigenvalue weighted by molar-refractivity contribution is 7.85. The van der Waals surface area contributed by atoms with Crippen LogP contribution in [-0.4, -0.2) is 31.4 Å². The average molecular weight is 392 g/mol. The lowest BCUT2D eigenvalue weighted by atomic mass is 10.1. The van der Waals surface area contributed by atoms with Crippen molar-refractivity contribution >= 4 is 48.8 Å². The summed E-state index contributed by atoms with van der Waals surface area (Å²) in [4.78, 5) is -0.0418. The van der Waals surface area contributed by atoms with Gasteiger partial charge in [0.25, 0.3) is 10.1 Å². The predicted molar refractivity (Wildman–Crippen MR) is 95.3 cm³/mol. The lowest BCUT2D eigenvalue weighted by Crippen LogP contribution is -2.29. The molecule has 8 nitrogen and oxygen atoms in total. The number of azo groups is 1. The molecular weight excluding hydrogens is 380 g/mol. The summed E-state index contributed by atoms with van der Waals surface area (Å²) < 4.78 is 53.2. The van der Waals surface area contributed by atoms with Crippen molar-refractivity contribution in [2.45, 2.75) is 11.3 Å². The third kappa shape index (κ3) is 3.72. The Bertz CT molecular complexity index is 1270. The summed E-state index contributed by atoms with van der Waals surface area (Å²) in [6.07, 6.45) is 3.31. The molecule has 2 aromatic carbocycles. The van der Waals surface area contributed by atoms with E-state index in [1.54, 1.807) is 12.1 Å². The van der Waals surface area contributed by atoms with Crippen molar-refractivity contribution in [2.24, 2.45) is 10.2 Å². The van der Waals surface area contributed by atoms with Gasteiger partial charge < -0.3 is 5.11 Å². The van der Waals surface area contributed by atoms with Crippen molar-refractivity contribution in [3.05, 3.63) is 46.8 Å². The standard InChI is InChI=1S/C16H12N2O6S2/c19-15-8-1-10-9-12(25(20)21)4-7-14(10)16(15)18-17-11-2-5-13(6-3-11)26(22,23)24/h1-3,5-9,19H,4H2,(H,22,23,24). The molecule has 2 aromatic rings. The number of hydrogen-bond donors (Lipinski definition) is 2. The second kappa shape index (κ2) is 6.83. The molecule has 0 bridgehead atoms. The molecule has 0 aliphatic heterocycles. The van der Waals surface area contributed by atoms with Gasteiger partial charge >= 0.3 is 0 Å². The highest BCUT2D eigenvalue weighted by Crippen LogP contribution is 2.24. The fourth-order valence-corrected chi connectivity index (χ4v) is 3.32. The highest BCUT2D eigenvalue weighted by atomic mass is 32.2. The van der Waals surface area contributed by atoms with E-state index in [-0.39, 0.29) is 27.6 Å². The van der Waals surface area contributed by atoms with Gasteiger partial charge in [-0.1, -0.05) is 12.1 Å². The van der Waals surface area contributed by atoms with Crippen molar-refractivity contribution in [3.63, 3.8) is 0 Å². The number of hydrogen-bond acceptors (Lipinski definition) is 7. The van der Waals surface area contributed by atoms with E-state index in [9.17, 15) is 21.9 Å². The van der Waals surface area contributed by atoms with Crippen molar-refractivity contribution in [1.29, 1.82) is 0 Å². The quantitative estimate of drug-likeness (QED) is 0.456. The zero-order valence-corrected chi connectivity index (χ0v) is 14.7. The van der Waals surface area contributed by atoms with Crippen LogP contribution in [0.2, 0.25) is 0 Å². The van der Waals surface area contributed by atoms with E-state index >= 15 is 0 Å². The molecule has 0 aromatic heterocycles. The maximum Gasteiger partial charge on any atom is 0.294 e. The Kier molecular flexibility index (Phi) is 4.72. The summed E-state index contributed by atoms with van der Waals surface area (Å²) in [5, 5.41) is 19.1. The first kappa shape index (κ1) is 18.0. The minimum Gasteiger partial charge on any atom is -0.506 e. The first-order valence-corrected chi connectivity index (χ1v) is 9.75. The second-order valence-electron chi connectivity index (χ2n) is 5.36. The molecule has 0 amide bonds. The van der Waals surface area contributed by atoms with Gasteiger partial charge in [0.05, 0.1) is 15.4 Å². The molecule has 0 unspecified atom stereocenters. The Balaban J connectivity index is 2.04. The van der Waals surface area contributed by atoms with E-state index in [2.05, 4.69) is 10.2 Å². The number of aromatic hydroxyl groups is 1. The van der Waals surface area contributed by atoms with E-state index in [0.29, 0.717) is 16.1 Å². The summed E-state index contributed by atoms with van der Waals surface area (Å²) in [6.45, 7) is 0. The van der Waals surface area contributed by atoms with Crippen LogP contribution in [0.25, 0.3) is 12.2 Å². The van der Waals surface area contributed by atoms with Crippen molar-refractivity contribution < 1.29 is 26.5 Å². The van der Waals surface area contributed by atoms with Crippen LogP contribution in [0, 0.1) is 0 Å². The first-order valence-electron chi connectivity index (χ1n) is 7.24. The van der Waals surface area contributed by atoms with E-state index in [1.165, 1.54) is 36.4 Å². The number of phenols is 1. The Morgan fingerprint density at radius 1 is 1.00 bits per heavy atom. The van der Waals surface area contributed by atoms with E-state index in [4.69, 9.17) is 4.55 Å². The molecule has 0 fully saturated rings. The van der Waals surface area contributed by atoms with Gasteiger partial charge in [-0.25, -0.2) is 0 Å². The maximum absolute atomic E-state index is 11.1. The number of nitrogens with zero attached hydrogens (tertiary/aromatic N) is 2.